The summed E-state index contributed by atoms with van der Waals surface area (Å²) >= 11 is 0. The van der Waals surface area contributed by atoms with Crippen LogP contribution in [0.15, 0.2) is 18.5 Å². The second-order valence-electron chi connectivity index (χ2n) is 6.50. The van der Waals surface area contributed by atoms with Crippen LogP contribution in [0, 0.1) is 0 Å². The Bertz CT molecular complexity index is 764. The van der Waals surface area contributed by atoms with Crippen molar-refractivity contribution in [2.24, 2.45) is 7.05 Å². The zero-order valence-electron chi connectivity index (χ0n) is 14.2. The predicted octanol–water partition coefficient (Wildman–Crippen LogP) is 0.697. The van der Waals surface area contributed by atoms with Crippen LogP contribution in [0.2, 0.25) is 0 Å². The number of aryl methyl sites for hydroxylation is 1. The molecule has 24 heavy (non-hydrogen) atoms. The fourth-order valence-corrected chi connectivity index (χ4v) is 3.36. The molecule has 2 amide bonds. The molecule has 8 heteroatoms. The van der Waals surface area contributed by atoms with Crippen molar-refractivity contribution in [2.45, 2.75) is 25.2 Å². The Labute approximate surface area is 140 Å². The third kappa shape index (κ3) is 2.79. The number of hydrogen-bond acceptors (Lipinski definition) is 4. The van der Waals surface area contributed by atoms with Gasteiger partial charge in [-0.3, -0.25) is 19.4 Å². The van der Waals surface area contributed by atoms with E-state index in [0.29, 0.717) is 24.3 Å². The molecule has 1 aliphatic heterocycles. The van der Waals surface area contributed by atoms with E-state index in [-0.39, 0.29) is 17.2 Å². The first-order valence-corrected chi connectivity index (χ1v) is 7.99. The highest BCUT2D eigenvalue weighted by Crippen LogP contribution is 2.34. The van der Waals surface area contributed by atoms with Crippen LogP contribution in [0.1, 0.15) is 46.3 Å². The van der Waals surface area contributed by atoms with Crippen molar-refractivity contribution in [3.8, 4) is 0 Å². The first-order chi connectivity index (χ1) is 11.4. The van der Waals surface area contributed by atoms with Gasteiger partial charge in [-0.25, -0.2) is 0 Å². The SMILES string of the molecule is CNC(=O)c1cn[nH]c1[C@@]1(C)CCCN(C(=O)c2ccn(C)n2)C1. The summed E-state index contributed by atoms with van der Waals surface area (Å²) in [6.07, 6.45) is 5.04. The van der Waals surface area contributed by atoms with E-state index in [1.54, 1.807) is 42.1 Å². The normalized spacial score (nSPS) is 20.9. The molecule has 128 valence electrons. The van der Waals surface area contributed by atoms with Crippen LogP contribution in [-0.4, -0.2) is 56.8 Å². The van der Waals surface area contributed by atoms with Gasteiger partial charge in [0.25, 0.3) is 11.8 Å². The van der Waals surface area contributed by atoms with Crippen LogP contribution in [0.25, 0.3) is 0 Å². The molecule has 1 aliphatic rings. The van der Waals surface area contributed by atoms with Crippen LogP contribution in [0.4, 0.5) is 0 Å². The van der Waals surface area contributed by atoms with Crippen molar-refractivity contribution in [3.63, 3.8) is 0 Å². The molecule has 0 spiro atoms. The van der Waals surface area contributed by atoms with Gasteiger partial charge in [-0.05, 0) is 18.9 Å². The highest BCUT2D eigenvalue weighted by atomic mass is 16.2. The Morgan fingerprint density at radius 2 is 2.21 bits per heavy atom. The highest BCUT2D eigenvalue weighted by Gasteiger charge is 2.39. The van der Waals surface area contributed by atoms with Crippen LogP contribution in [0.3, 0.4) is 0 Å². The van der Waals surface area contributed by atoms with Crippen LogP contribution in [0.5, 0.6) is 0 Å². The molecule has 0 aliphatic carbocycles. The Balaban J connectivity index is 1.86. The third-order valence-electron chi connectivity index (χ3n) is 4.63. The molecule has 1 atom stereocenters. The fourth-order valence-electron chi connectivity index (χ4n) is 3.36. The van der Waals surface area contributed by atoms with Gasteiger partial charge in [-0.1, -0.05) is 6.92 Å². The predicted molar refractivity (Wildman–Crippen MR) is 87.7 cm³/mol. The molecule has 0 bridgehead atoms. The van der Waals surface area contributed by atoms with Crippen molar-refractivity contribution in [3.05, 3.63) is 35.4 Å². The Morgan fingerprint density at radius 1 is 1.42 bits per heavy atom. The van der Waals surface area contributed by atoms with E-state index in [2.05, 4.69) is 27.5 Å². The van der Waals surface area contributed by atoms with Crippen molar-refractivity contribution < 1.29 is 9.59 Å². The van der Waals surface area contributed by atoms with Crippen LogP contribution < -0.4 is 5.32 Å². The van der Waals surface area contributed by atoms with E-state index < -0.39 is 0 Å². The topological polar surface area (TPSA) is 95.9 Å². The minimum Gasteiger partial charge on any atom is -0.355 e. The lowest BCUT2D eigenvalue weighted by molar-refractivity contribution is 0.0640. The summed E-state index contributed by atoms with van der Waals surface area (Å²) in [6.45, 7) is 3.27. The number of piperidine rings is 1. The van der Waals surface area contributed by atoms with Gasteiger partial charge in [0, 0.05) is 38.8 Å². The Morgan fingerprint density at radius 3 is 2.88 bits per heavy atom. The number of aromatic amines is 1. The lowest BCUT2D eigenvalue weighted by Gasteiger charge is -2.40. The van der Waals surface area contributed by atoms with Gasteiger partial charge in [0.1, 0.15) is 5.69 Å². The summed E-state index contributed by atoms with van der Waals surface area (Å²) in [4.78, 5) is 26.6. The van der Waals surface area contributed by atoms with E-state index in [1.165, 1.54) is 0 Å². The Hall–Kier alpha value is -2.64. The number of rotatable bonds is 3. The molecule has 2 N–H and O–H groups in total. The van der Waals surface area contributed by atoms with Crippen molar-refractivity contribution in [1.29, 1.82) is 0 Å². The minimum absolute atomic E-state index is 0.0810. The smallest absolute Gasteiger partial charge is 0.274 e. The molecule has 1 fully saturated rings. The van der Waals surface area contributed by atoms with E-state index >= 15 is 0 Å². The summed E-state index contributed by atoms with van der Waals surface area (Å²) in [5.41, 5.74) is 1.41. The number of H-pyrrole nitrogens is 1. The number of nitrogens with one attached hydrogen (secondary N) is 2. The average molecular weight is 330 g/mol. The number of likely N-dealkylation sites (tertiary alicyclic amines) is 1. The molecule has 2 aromatic heterocycles. The largest absolute Gasteiger partial charge is 0.355 e. The number of carbonyl (C=O) groups is 2. The molecule has 0 unspecified atom stereocenters. The molecule has 0 saturated carbocycles. The van der Waals surface area contributed by atoms with Crippen molar-refractivity contribution >= 4 is 11.8 Å². The highest BCUT2D eigenvalue weighted by molar-refractivity contribution is 5.95. The van der Waals surface area contributed by atoms with Gasteiger partial charge in [-0.2, -0.15) is 10.2 Å². The second kappa shape index (κ2) is 6.10. The van der Waals surface area contributed by atoms with Crippen molar-refractivity contribution in [2.75, 3.05) is 20.1 Å². The zero-order valence-corrected chi connectivity index (χ0v) is 14.2. The summed E-state index contributed by atoms with van der Waals surface area (Å²) in [5, 5.41) is 13.8. The molecule has 0 aromatic carbocycles. The molecule has 1 saturated heterocycles. The summed E-state index contributed by atoms with van der Waals surface area (Å²) < 4.78 is 1.62. The molecule has 0 radical (unpaired) electrons. The Kier molecular flexibility index (Phi) is 4.13. The second-order valence-corrected chi connectivity index (χ2v) is 6.50. The molecule has 2 aromatic rings. The van der Waals surface area contributed by atoms with Crippen LogP contribution in [-0.2, 0) is 12.5 Å². The molecule has 3 heterocycles. The maximum absolute atomic E-state index is 12.7. The summed E-state index contributed by atoms with van der Waals surface area (Å²) in [7, 11) is 3.39. The van der Waals surface area contributed by atoms with Gasteiger partial charge in [0.05, 0.1) is 17.5 Å². The third-order valence-corrected chi connectivity index (χ3v) is 4.63. The maximum atomic E-state index is 12.7. The van der Waals surface area contributed by atoms with Gasteiger partial charge < -0.3 is 10.2 Å². The van der Waals surface area contributed by atoms with E-state index in [1.807, 2.05) is 0 Å². The summed E-state index contributed by atoms with van der Waals surface area (Å²) in [6, 6.07) is 1.72. The standard InChI is InChI=1S/C16H22N6O2/c1-16(13-11(9-18-19-13)14(23)17-2)6-4-7-22(10-16)15(24)12-5-8-21(3)20-12/h5,8-9H,4,6-7,10H2,1-3H3,(H,17,23)(H,18,19)/t16-/m0/s1. The van der Waals surface area contributed by atoms with E-state index in [0.717, 1.165) is 18.5 Å². The molecular formula is C16H22N6O2. The molecular weight excluding hydrogens is 308 g/mol. The average Bonchev–Trinajstić information content (AvgIpc) is 3.22. The quantitative estimate of drug-likeness (QED) is 0.866. The van der Waals surface area contributed by atoms with Gasteiger partial charge in [0.2, 0.25) is 0 Å². The lowest BCUT2D eigenvalue weighted by Crippen LogP contribution is -2.48. The molecule has 3 rings (SSSR count). The van der Waals surface area contributed by atoms with E-state index in [4.69, 9.17) is 0 Å². The van der Waals surface area contributed by atoms with Crippen molar-refractivity contribution in [1.82, 2.24) is 30.2 Å². The first kappa shape index (κ1) is 16.2. The van der Waals surface area contributed by atoms with Crippen LogP contribution >= 0.6 is 0 Å². The van der Waals surface area contributed by atoms with Gasteiger partial charge in [-0.15, -0.1) is 0 Å². The number of hydrogen-bond donors (Lipinski definition) is 2. The number of nitrogens with zero attached hydrogens (tertiary/aromatic N) is 4. The summed E-state index contributed by atoms with van der Waals surface area (Å²) in [5.74, 6) is -0.254. The number of carbonyl (C=O) groups excluding carboxylic acids is 2. The lowest BCUT2D eigenvalue weighted by atomic mass is 9.77. The van der Waals surface area contributed by atoms with E-state index in [9.17, 15) is 9.59 Å². The monoisotopic (exact) mass is 330 g/mol. The number of aromatic nitrogens is 4. The van der Waals surface area contributed by atoms with Gasteiger partial charge in [0.15, 0.2) is 0 Å². The maximum Gasteiger partial charge on any atom is 0.274 e. The minimum atomic E-state index is -0.346. The zero-order chi connectivity index (χ0) is 17.3. The first-order valence-electron chi connectivity index (χ1n) is 7.99. The molecule has 8 nitrogen and oxygen atoms in total. The fraction of sp³-hybridized carbons (Fsp3) is 0.500. The number of amides is 2. The van der Waals surface area contributed by atoms with Gasteiger partial charge >= 0.3 is 0 Å².